The van der Waals surface area contributed by atoms with E-state index in [1.54, 1.807) is 7.11 Å². The molecular weight excluding hydrogens is 328 g/mol. The molecule has 0 aliphatic carbocycles. The van der Waals surface area contributed by atoms with Gasteiger partial charge in [0.15, 0.2) is 0 Å². The van der Waals surface area contributed by atoms with Crippen molar-refractivity contribution in [3.05, 3.63) is 65.9 Å². The summed E-state index contributed by atoms with van der Waals surface area (Å²) in [6, 6.07) is 15.5. The maximum Gasteiger partial charge on any atom is 0.220 e. The van der Waals surface area contributed by atoms with Gasteiger partial charge in [0, 0.05) is 31.7 Å². The van der Waals surface area contributed by atoms with Crippen molar-refractivity contribution in [2.24, 2.45) is 7.05 Å². The van der Waals surface area contributed by atoms with Gasteiger partial charge in [-0.3, -0.25) is 4.79 Å². The Morgan fingerprint density at radius 1 is 1.19 bits per heavy atom. The van der Waals surface area contributed by atoms with Crippen LogP contribution in [-0.4, -0.2) is 29.2 Å². The van der Waals surface area contributed by atoms with Crippen LogP contribution < -0.4 is 10.1 Å². The van der Waals surface area contributed by atoms with E-state index in [2.05, 4.69) is 5.32 Å². The van der Waals surface area contributed by atoms with Crippen molar-refractivity contribution in [3.63, 3.8) is 0 Å². The summed E-state index contributed by atoms with van der Waals surface area (Å²) in [7, 11) is 3.62. The fraction of sp³-hybridized carbons (Fsp3) is 0.286. The van der Waals surface area contributed by atoms with Crippen molar-refractivity contribution in [1.82, 2.24) is 9.88 Å². The first-order valence-corrected chi connectivity index (χ1v) is 8.69. The summed E-state index contributed by atoms with van der Waals surface area (Å²) in [5, 5.41) is 14.2. The standard InChI is InChI=1S/C21H24N2O3/c1-23-12-11-16-13-17(6-9-19(16)23)20(24)14-22-21(25)10-5-15-3-7-18(26-2)8-4-15/h3-4,6-9,11-13,20,24H,5,10,14H2,1-2H3,(H,22,25)/t20-/m1/s1. The minimum Gasteiger partial charge on any atom is -0.497 e. The zero-order chi connectivity index (χ0) is 18.5. The zero-order valence-electron chi connectivity index (χ0n) is 15.1. The van der Waals surface area contributed by atoms with E-state index in [1.165, 1.54) is 0 Å². The fourth-order valence-electron chi connectivity index (χ4n) is 2.97. The molecule has 136 valence electrons. The molecule has 0 saturated carbocycles. The molecule has 1 amide bonds. The van der Waals surface area contributed by atoms with Crippen LogP contribution in [0.2, 0.25) is 0 Å². The number of methoxy groups -OCH3 is 1. The molecule has 0 aliphatic heterocycles. The van der Waals surface area contributed by atoms with Gasteiger partial charge in [0.1, 0.15) is 5.75 Å². The lowest BCUT2D eigenvalue weighted by Crippen LogP contribution is -2.28. The number of carbonyl (C=O) groups excluding carboxylic acids is 1. The normalized spacial score (nSPS) is 12.1. The topological polar surface area (TPSA) is 63.5 Å². The summed E-state index contributed by atoms with van der Waals surface area (Å²) in [5.41, 5.74) is 3.00. The maximum absolute atomic E-state index is 12.0. The Morgan fingerprint density at radius 2 is 1.96 bits per heavy atom. The van der Waals surface area contributed by atoms with Crippen LogP contribution in [0.3, 0.4) is 0 Å². The zero-order valence-corrected chi connectivity index (χ0v) is 15.1. The third kappa shape index (κ3) is 4.24. The highest BCUT2D eigenvalue weighted by molar-refractivity contribution is 5.81. The first kappa shape index (κ1) is 18.0. The molecule has 0 spiro atoms. The van der Waals surface area contributed by atoms with Crippen LogP contribution in [-0.2, 0) is 18.3 Å². The molecule has 1 heterocycles. The summed E-state index contributed by atoms with van der Waals surface area (Å²) in [5.74, 6) is 0.734. The lowest BCUT2D eigenvalue weighted by molar-refractivity contribution is -0.121. The van der Waals surface area contributed by atoms with Gasteiger partial charge in [-0.1, -0.05) is 18.2 Å². The SMILES string of the molecule is COc1ccc(CCC(=O)NC[C@@H](O)c2ccc3c(ccn3C)c2)cc1. The Bertz CT molecular complexity index is 884. The number of hydrogen-bond donors (Lipinski definition) is 2. The lowest BCUT2D eigenvalue weighted by atomic mass is 10.1. The molecule has 5 nitrogen and oxygen atoms in total. The molecule has 1 atom stereocenters. The maximum atomic E-state index is 12.0. The van der Waals surface area contributed by atoms with E-state index < -0.39 is 6.10 Å². The molecule has 0 radical (unpaired) electrons. The van der Waals surface area contributed by atoms with Crippen molar-refractivity contribution >= 4 is 16.8 Å². The number of hydrogen-bond acceptors (Lipinski definition) is 3. The first-order valence-electron chi connectivity index (χ1n) is 8.69. The molecule has 0 fully saturated rings. The number of aromatic nitrogens is 1. The summed E-state index contributed by atoms with van der Waals surface area (Å²) < 4.78 is 7.16. The molecule has 0 aliphatic rings. The second-order valence-corrected chi connectivity index (χ2v) is 6.41. The van der Waals surface area contributed by atoms with Gasteiger partial charge in [-0.15, -0.1) is 0 Å². The molecule has 26 heavy (non-hydrogen) atoms. The third-order valence-electron chi connectivity index (χ3n) is 4.59. The van der Waals surface area contributed by atoms with E-state index in [4.69, 9.17) is 4.74 Å². The second kappa shape index (κ2) is 8.06. The predicted octanol–water partition coefficient (Wildman–Crippen LogP) is 2.97. The Labute approximate surface area is 153 Å². The smallest absolute Gasteiger partial charge is 0.220 e. The summed E-state index contributed by atoms with van der Waals surface area (Å²) >= 11 is 0. The first-order chi connectivity index (χ1) is 12.6. The quantitative estimate of drug-likeness (QED) is 0.687. The highest BCUT2D eigenvalue weighted by Crippen LogP contribution is 2.21. The minimum absolute atomic E-state index is 0.0688. The Kier molecular flexibility index (Phi) is 5.58. The van der Waals surface area contributed by atoms with Crippen molar-refractivity contribution < 1.29 is 14.6 Å². The predicted molar refractivity (Wildman–Crippen MR) is 102 cm³/mol. The second-order valence-electron chi connectivity index (χ2n) is 6.41. The van der Waals surface area contributed by atoms with Gasteiger partial charge in [0.2, 0.25) is 5.91 Å². The van der Waals surface area contributed by atoms with Crippen LogP contribution in [0.4, 0.5) is 0 Å². The van der Waals surface area contributed by atoms with E-state index in [-0.39, 0.29) is 12.5 Å². The number of carbonyl (C=O) groups is 1. The van der Waals surface area contributed by atoms with Crippen LogP contribution in [0.1, 0.15) is 23.7 Å². The molecule has 0 saturated heterocycles. The van der Waals surface area contributed by atoms with Crippen LogP contribution in [0.25, 0.3) is 10.9 Å². The Balaban J connectivity index is 1.49. The molecule has 5 heteroatoms. The average Bonchev–Trinajstić information content (AvgIpc) is 3.05. The molecule has 0 bridgehead atoms. The number of aliphatic hydroxyl groups excluding tert-OH is 1. The van der Waals surface area contributed by atoms with Crippen molar-refractivity contribution in [1.29, 1.82) is 0 Å². The van der Waals surface area contributed by atoms with Crippen LogP contribution in [0.5, 0.6) is 5.75 Å². The minimum atomic E-state index is -0.718. The van der Waals surface area contributed by atoms with Crippen molar-refractivity contribution in [3.8, 4) is 5.75 Å². The van der Waals surface area contributed by atoms with Gasteiger partial charge in [0.05, 0.1) is 13.2 Å². The highest BCUT2D eigenvalue weighted by atomic mass is 16.5. The molecule has 3 rings (SSSR count). The van der Waals surface area contributed by atoms with Crippen LogP contribution >= 0.6 is 0 Å². The molecule has 2 aromatic carbocycles. The van der Waals surface area contributed by atoms with Crippen LogP contribution in [0, 0.1) is 0 Å². The van der Waals surface area contributed by atoms with Crippen molar-refractivity contribution in [2.75, 3.05) is 13.7 Å². The van der Waals surface area contributed by atoms with Crippen LogP contribution in [0.15, 0.2) is 54.7 Å². The number of nitrogens with one attached hydrogen (secondary N) is 1. The summed E-state index contributed by atoms with van der Waals surface area (Å²) in [6.07, 6.45) is 2.31. The van der Waals surface area contributed by atoms with Crippen molar-refractivity contribution in [2.45, 2.75) is 18.9 Å². The largest absolute Gasteiger partial charge is 0.497 e. The fourth-order valence-corrected chi connectivity index (χ4v) is 2.97. The number of nitrogens with zero attached hydrogens (tertiary/aromatic N) is 1. The monoisotopic (exact) mass is 352 g/mol. The van der Waals surface area contributed by atoms with Gasteiger partial charge < -0.3 is 19.7 Å². The average molecular weight is 352 g/mol. The Hall–Kier alpha value is -2.79. The molecular formula is C21H24N2O3. The van der Waals surface area contributed by atoms with Gasteiger partial charge in [-0.2, -0.15) is 0 Å². The van der Waals surface area contributed by atoms with E-state index in [9.17, 15) is 9.90 Å². The van der Waals surface area contributed by atoms with Gasteiger partial charge in [-0.25, -0.2) is 0 Å². The number of amides is 1. The molecule has 0 unspecified atom stereocenters. The van der Waals surface area contributed by atoms with E-state index >= 15 is 0 Å². The number of aryl methyl sites for hydroxylation is 2. The number of ether oxygens (including phenoxy) is 1. The lowest BCUT2D eigenvalue weighted by Gasteiger charge is -2.13. The number of aliphatic hydroxyl groups is 1. The highest BCUT2D eigenvalue weighted by Gasteiger charge is 2.11. The molecule has 2 N–H and O–H groups in total. The number of rotatable bonds is 7. The summed E-state index contributed by atoms with van der Waals surface area (Å²) in [4.78, 5) is 12.0. The van der Waals surface area contributed by atoms with Gasteiger partial charge in [0.25, 0.3) is 0 Å². The number of fused-ring (bicyclic) bond motifs is 1. The van der Waals surface area contributed by atoms with E-state index in [1.807, 2.05) is 66.3 Å². The van der Waals surface area contributed by atoms with Gasteiger partial charge in [-0.05, 0) is 53.3 Å². The number of benzene rings is 2. The molecule has 3 aromatic rings. The molecule has 1 aromatic heterocycles. The van der Waals surface area contributed by atoms with Gasteiger partial charge >= 0.3 is 0 Å². The third-order valence-corrected chi connectivity index (χ3v) is 4.59. The van der Waals surface area contributed by atoms with E-state index in [0.717, 1.165) is 27.8 Å². The van der Waals surface area contributed by atoms with E-state index in [0.29, 0.717) is 12.8 Å². The summed E-state index contributed by atoms with van der Waals surface area (Å²) in [6.45, 7) is 0.208. The Morgan fingerprint density at radius 3 is 2.69 bits per heavy atom.